The zero-order valence-electron chi connectivity index (χ0n) is 26.3. The highest BCUT2D eigenvalue weighted by Crippen LogP contribution is 2.32. The molecule has 238 valence electrons. The fourth-order valence-corrected chi connectivity index (χ4v) is 5.77. The van der Waals surface area contributed by atoms with Crippen molar-refractivity contribution < 1.29 is 24.1 Å². The summed E-state index contributed by atoms with van der Waals surface area (Å²) in [4.78, 5) is 12.3. The lowest BCUT2D eigenvalue weighted by Crippen LogP contribution is -2.39. The molecule has 1 saturated carbocycles. The molecule has 2 aromatic carbocycles. The second kappa shape index (κ2) is 17.6. The Morgan fingerprint density at radius 3 is 2.63 bits per heavy atom. The maximum absolute atomic E-state index is 12.3. The van der Waals surface area contributed by atoms with E-state index >= 15 is 0 Å². The van der Waals surface area contributed by atoms with Gasteiger partial charge in [0.05, 0.1) is 12.7 Å². The molecule has 0 radical (unpaired) electrons. The molecule has 8 heteroatoms. The standard InChI is InChI=1S/C35H53N3O5/c1-35(2)42-26-29-24-28(18-19-33(29)43-35)32(39)25-36-20-9-3-4-10-21-41-22-11-8-13-27-14-12-17-31(23-27)38-34(40)37-30-15-6-5-7-16-30/h12,14,17-19,23-24,30,32,36,39H,3-11,13,15-16,20-22,25-26H2,1-2H3,(H2,37,38,40)/t32-/m1/s1. The molecule has 0 spiro atoms. The molecule has 1 heterocycles. The number of aryl methyl sites for hydroxylation is 1. The van der Waals surface area contributed by atoms with Crippen molar-refractivity contribution in [3.05, 3.63) is 59.2 Å². The molecule has 1 fully saturated rings. The van der Waals surface area contributed by atoms with E-state index in [9.17, 15) is 9.90 Å². The van der Waals surface area contributed by atoms with Crippen LogP contribution in [0.2, 0.25) is 0 Å². The Hall–Kier alpha value is -2.65. The van der Waals surface area contributed by atoms with E-state index < -0.39 is 11.9 Å². The first-order valence-electron chi connectivity index (χ1n) is 16.5. The number of unbranched alkanes of at least 4 members (excludes halogenated alkanes) is 4. The van der Waals surface area contributed by atoms with Crippen LogP contribution in [0, 0.1) is 0 Å². The summed E-state index contributed by atoms with van der Waals surface area (Å²) in [5.74, 6) is 0.221. The smallest absolute Gasteiger partial charge is 0.319 e. The number of benzene rings is 2. The van der Waals surface area contributed by atoms with E-state index in [-0.39, 0.29) is 6.03 Å². The number of ether oxygens (including phenoxy) is 3. The van der Waals surface area contributed by atoms with E-state index in [2.05, 4.69) is 28.1 Å². The first-order valence-corrected chi connectivity index (χ1v) is 16.5. The highest BCUT2D eigenvalue weighted by Gasteiger charge is 2.27. The third-order valence-electron chi connectivity index (χ3n) is 8.26. The molecule has 8 nitrogen and oxygen atoms in total. The van der Waals surface area contributed by atoms with Crippen LogP contribution in [0.1, 0.15) is 107 Å². The van der Waals surface area contributed by atoms with Crippen molar-refractivity contribution in [3.8, 4) is 5.75 Å². The first kappa shape index (κ1) is 33.2. The molecule has 1 aliphatic heterocycles. The molecule has 0 aromatic heterocycles. The van der Waals surface area contributed by atoms with Gasteiger partial charge in [-0.15, -0.1) is 0 Å². The van der Waals surface area contributed by atoms with Crippen LogP contribution < -0.4 is 20.7 Å². The molecule has 1 atom stereocenters. The number of amides is 2. The fourth-order valence-electron chi connectivity index (χ4n) is 5.77. The van der Waals surface area contributed by atoms with Gasteiger partial charge in [-0.1, -0.05) is 50.3 Å². The van der Waals surface area contributed by atoms with Gasteiger partial charge in [0.2, 0.25) is 5.79 Å². The number of nitrogens with one attached hydrogen (secondary N) is 3. The van der Waals surface area contributed by atoms with Crippen LogP contribution >= 0.6 is 0 Å². The van der Waals surface area contributed by atoms with Crippen LogP contribution in [-0.2, 0) is 22.5 Å². The summed E-state index contributed by atoms with van der Waals surface area (Å²) in [7, 11) is 0. The molecule has 0 saturated heterocycles. The Balaban J connectivity index is 0.960. The van der Waals surface area contributed by atoms with Crippen molar-refractivity contribution in [2.45, 2.75) is 115 Å². The van der Waals surface area contributed by atoms with Gasteiger partial charge in [0.25, 0.3) is 0 Å². The first-order chi connectivity index (χ1) is 20.9. The number of fused-ring (bicyclic) bond motifs is 1. The average molecular weight is 596 g/mol. The Labute approximate surface area is 258 Å². The van der Waals surface area contributed by atoms with E-state index in [0.29, 0.717) is 19.2 Å². The van der Waals surface area contributed by atoms with Crippen molar-refractivity contribution in [1.29, 1.82) is 0 Å². The number of anilines is 1. The minimum absolute atomic E-state index is 0.0925. The molecule has 4 N–H and O–H groups in total. The minimum Gasteiger partial charge on any atom is -0.463 e. The Morgan fingerprint density at radius 1 is 1.00 bits per heavy atom. The molecule has 1 aliphatic carbocycles. The lowest BCUT2D eigenvalue weighted by Gasteiger charge is -2.33. The summed E-state index contributed by atoms with van der Waals surface area (Å²) in [6.07, 6.45) is 12.9. The van der Waals surface area contributed by atoms with E-state index in [1.165, 1.54) is 24.8 Å². The highest BCUT2D eigenvalue weighted by molar-refractivity contribution is 5.89. The Bertz CT molecular complexity index is 1120. The second-order valence-electron chi connectivity index (χ2n) is 12.5. The average Bonchev–Trinajstić information content (AvgIpc) is 2.99. The van der Waals surface area contributed by atoms with E-state index in [1.807, 2.05) is 44.2 Å². The number of aliphatic hydroxyl groups is 1. The summed E-state index contributed by atoms with van der Waals surface area (Å²) in [5.41, 5.74) is 3.97. The van der Waals surface area contributed by atoms with Gasteiger partial charge in [0.1, 0.15) is 5.75 Å². The molecule has 2 aliphatic rings. The fraction of sp³-hybridized carbons (Fsp3) is 0.629. The number of urea groups is 1. The zero-order chi connectivity index (χ0) is 30.3. The van der Waals surface area contributed by atoms with Crippen LogP contribution in [0.4, 0.5) is 10.5 Å². The van der Waals surface area contributed by atoms with Crippen LogP contribution in [0.3, 0.4) is 0 Å². The molecule has 43 heavy (non-hydrogen) atoms. The summed E-state index contributed by atoms with van der Waals surface area (Å²) in [6.45, 7) is 7.33. The topological polar surface area (TPSA) is 101 Å². The summed E-state index contributed by atoms with van der Waals surface area (Å²) in [6, 6.07) is 14.2. The maximum atomic E-state index is 12.3. The van der Waals surface area contributed by atoms with Gasteiger partial charge in [0, 0.05) is 50.9 Å². The summed E-state index contributed by atoms with van der Waals surface area (Å²) >= 11 is 0. The zero-order valence-corrected chi connectivity index (χ0v) is 26.3. The SMILES string of the molecule is CC1(C)OCc2cc([C@H](O)CNCCCCCCOCCCCc3cccc(NC(=O)NC4CCCCC4)c3)ccc2O1. The van der Waals surface area contributed by atoms with E-state index in [0.717, 1.165) is 100 Å². The van der Waals surface area contributed by atoms with Gasteiger partial charge < -0.3 is 35.3 Å². The largest absolute Gasteiger partial charge is 0.463 e. The third-order valence-corrected chi connectivity index (χ3v) is 8.26. The summed E-state index contributed by atoms with van der Waals surface area (Å²) in [5, 5.41) is 20.1. The molecule has 0 unspecified atom stereocenters. The Morgan fingerprint density at radius 2 is 1.79 bits per heavy atom. The van der Waals surface area contributed by atoms with Crippen molar-refractivity contribution in [1.82, 2.24) is 10.6 Å². The number of aliphatic hydroxyl groups excluding tert-OH is 1. The van der Waals surface area contributed by atoms with E-state index in [1.54, 1.807) is 0 Å². The van der Waals surface area contributed by atoms with Gasteiger partial charge in [-0.25, -0.2) is 4.79 Å². The molecule has 2 aromatic rings. The van der Waals surface area contributed by atoms with Gasteiger partial charge in [-0.3, -0.25) is 0 Å². The van der Waals surface area contributed by atoms with Gasteiger partial charge in [-0.2, -0.15) is 0 Å². The quantitative estimate of drug-likeness (QED) is 0.147. The van der Waals surface area contributed by atoms with Gasteiger partial charge in [-0.05, 0) is 86.9 Å². The number of carbonyl (C=O) groups is 1. The van der Waals surface area contributed by atoms with Crippen LogP contribution in [-0.4, -0.2) is 49.3 Å². The van der Waals surface area contributed by atoms with Crippen molar-refractivity contribution in [2.24, 2.45) is 0 Å². The van der Waals surface area contributed by atoms with Crippen LogP contribution in [0.5, 0.6) is 5.75 Å². The lowest BCUT2D eigenvalue weighted by molar-refractivity contribution is -0.180. The highest BCUT2D eigenvalue weighted by atomic mass is 16.7. The van der Waals surface area contributed by atoms with Gasteiger partial charge in [0.15, 0.2) is 0 Å². The third kappa shape index (κ3) is 12.1. The van der Waals surface area contributed by atoms with Crippen molar-refractivity contribution in [2.75, 3.05) is 31.6 Å². The minimum atomic E-state index is -0.608. The number of carbonyl (C=O) groups excluding carboxylic acids is 1. The van der Waals surface area contributed by atoms with Crippen LogP contribution in [0.25, 0.3) is 0 Å². The normalized spacial score (nSPS) is 17.1. The van der Waals surface area contributed by atoms with Crippen LogP contribution in [0.15, 0.2) is 42.5 Å². The number of rotatable bonds is 17. The predicted molar refractivity (Wildman–Crippen MR) is 171 cm³/mol. The predicted octanol–water partition coefficient (Wildman–Crippen LogP) is 7.01. The molecule has 4 rings (SSSR count). The van der Waals surface area contributed by atoms with Crippen molar-refractivity contribution >= 4 is 11.7 Å². The number of hydrogen-bond acceptors (Lipinski definition) is 6. The Kier molecular flexibility index (Phi) is 13.6. The van der Waals surface area contributed by atoms with Crippen molar-refractivity contribution in [3.63, 3.8) is 0 Å². The molecular weight excluding hydrogens is 542 g/mol. The lowest BCUT2D eigenvalue weighted by atomic mass is 9.96. The van der Waals surface area contributed by atoms with Gasteiger partial charge >= 0.3 is 6.03 Å². The monoisotopic (exact) mass is 595 g/mol. The van der Waals surface area contributed by atoms with E-state index in [4.69, 9.17) is 14.2 Å². The molecular formula is C35H53N3O5. The second-order valence-corrected chi connectivity index (χ2v) is 12.5. The molecule has 0 bridgehead atoms. The number of hydrogen-bond donors (Lipinski definition) is 4. The summed E-state index contributed by atoms with van der Waals surface area (Å²) < 4.78 is 17.4. The molecule has 2 amide bonds. The maximum Gasteiger partial charge on any atom is 0.319 e.